The van der Waals surface area contributed by atoms with E-state index < -0.39 is 11.6 Å². The highest BCUT2D eigenvalue weighted by Crippen LogP contribution is 2.38. The molecular weight excluding hydrogens is 348 g/mol. The summed E-state index contributed by atoms with van der Waals surface area (Å²) in [5.74, 6) is -0.998. The highest BCUT2D eigenvalue weighted by atomic mass is 19.1. The van der Waals surface area contributed by atoms with E-state index >= 15 is 0 Å². The fraction of sp³-hybridized carbons (Fsp3) is 0.619. The molecule has 27 heavy (non-hydrogen) atoms. The summed E-state index contributed by atoms with van der Waals surface area (Å²) in [6.45, 7) is 8.63. The molecule has 0 aliphatic heterocycles. The van der Waals surface area contributed by atoms with Crippen LogP contribution in [0.1, 0.15) is 58.9 Å². The van der Waals surface area contributed by atoms with Crippen molar-refractivity contribution in [3.63, 3.8) is 0 Å². The smallest absolute Gasteiger partial charge is 0.137 e. The van der Waals surface area contributed by atoms with E-state index in [2.05, 4.69) is 37.8 Å². The lowest BCUT2D eigenvalue weighted by Crippen LogP contribution is -2.50. The van der Waals surface area contributed by atoms with Crippen LogP contribution in [0.5, 0.6) is 0 Å². The van der Waals surface area contributed by atoms with Crippen molar-refractivity contribution < 1.29 is 13.5 Å². The van der Waals surface area contributed by atoms with Gasteiger partial charge in [-0.1, -0.05) is 39.7 Å². The molecule has 2 rings (SSSR count). The molecule has 1 aromatic heterocycles. The molecule has 0 N–H and O–H groups in total. The molecule has 1 aromatic carbocycles. The lowest BCUT2D eigenvalue weighted by molar-refractivity contribution is -0.0736. The van der Waals surface area contributed by atoms with Gasteiger partial charge in [-0.15, -0.1) is 0 Å². The minimum Gasteiger partial charge on any atom is -0.378 e. The van der Waals surface area contributed by atoms with Crippen LogP contribution < -0.4 is 0 Å². The summed E-state index contributed by atoms with van der Waals surface area (Å²) in [4.78, 5) is 4.11. The van der Waals surface area contributed by atoms with E-state index in [9.17, 15) is 8.78 Å². The first-order chi connectivity index (χ1) is 12.7. The van der Waals surface area contributed by atoms with E-state index in [0.29, 0.717) is 12.0 Å². The van der Waals surface area contributed by atoms with Crippen LogP contribution in [0.3, 0.4) is 0 Å². The maximum Gasteiger partial charge on any atom is 0.137 e. The van der Waals surface area contributed by atoms with Gasteiger partial charge in [0.15, 0.2) is 0 Å². The summed E-state index contributed by atoms with van der Waals surface area (Å²) in [7, 11) is 1.74. The number of benzene rings is 1. The molecule has 0 saturated heterocycles. The summed E-state index contributed by atoms with van der Waals surface area (Å²) < 4.78 is 34.5. The molecule has 0 aliphatic carbocycles. The normalized spacial score (nSPS) is 15.5. The predicted octanol–water partition coefficient (Wildman–Crippen LogP) is 5.14. The zero-order valence-electron chi connectivity index (χ0n) is 17.0. The van der Waals surface area contributed by atoms with Gasteiger partial charge in [0, 0.05) is 13.2 Å². The van der Waals surface area contributed by atoms with Crippen molar-refractivity contribution in [3.05, 3.63) is 48.1 Å². The van der Waals surface area contributed by atoms with E-state index in [4.69, 9.17) is 4.74 Å². The third kappa shape index (κ3) is 5.34. The summed E-state index contributed by atoms with van der Waals surface area (Å²) in [5, 5.41) is 4.38. The molecule has 2 aromatic rings. The van der Waals surface area contributed by atoms with Crippen LogP contribution in [0.25, 0.3) is 0 Å². The van der Waals surface area contributed by atoms with Gasteiger partial charge in [0.25, 0.3) is 0 Å². The Labute approximate surface area is 161 Å². The lowest BCUT2D eigenvalue weighted by atomic mass is 9.74. The van der Waals surface area contributed by atoms with Gasteiger partial charge >= 0.3 is 0 Å². The van der Waals surface area contributed by atoms with Gasteiger partial charge in [-0.3, -0.25) is 0 Å². The van der Waals surface area contributed by atoms with Crippen LogP contribution in [0.2, 0.25) is 0 Å². The number of hydrogen-bond acceptors (Lipinski definition) is 3. The molecule has 2 unspecified atom stereocenters. The Morgan fingerprint density at radius 3 is 2.41 bits per heavy atom. The van der Waals surface area contributed by atoms with E-state index in [1.54, 1.807) is 19.8 Å². The monoisotopic (exact) mass is 379 g/mol. The molecular formula is C21H31F2N3O. The molecule has 1 heterocycles. The minimum absolute atomic E-state index is 0.0405. The summed E-state index contributed by atoms with van der Waals surface area (Å²) >= 11 is 0. The number of aromatic nitrogens is 3. The van der Waals surface area contributed by atoms with Gasteiger partial charge in [-0.05, 0) is 43.2 Å². The number of rotatable bonds is 9. The van der Waals surface area contributed by atoms with Crippen LogP contribution in [-0.2, 0) is 16.7 Å². The zero-order valence-corrected chi connectivity index (χ0v) is 17.0. The van der Waals surface area contributed by atoms with Gasteiger partial charge in [0.05, 0.1) is 11.6 Å². The summed E-state index contributed by atoms with van der Waals surface area (Å²) in [5.41, 5.74) is 0.178. The molecule has 0 radical (unpaired) electrons. The predicted molar refractivity (Wildman–Crippen MR) is 102 cm³/mol. The molecule has 0 saturated carbocycles. The Balaban J connectivity index is 1.98. The van der Waals surface area contributed by atoms with Crippen LogP contribution in [0, 0.1) is 17.0 Å². The maximum atomic E-state index is 13.7. The van der Waals surface area contributed by atoms with Crippen LogP contribution in [0.4, 0.5) is 8.78 Å². The number of halogens is 2. The fourth-order valence-corrected chi connectivity index (χ4v) is 4.08. The van der Waals surface area contributed by atoms with Crippen molar-refractivity contribution in [1.82, 2.24) is 14.8 Å². The molecule has 0 aliphatic rings. The number of methoxy groups -OCH3 is 1. The average Bonchev–Trinajstić information content (AvgIpc) is 3.10. The maximum absolute atomic E-state index is 13.7. The van der Waals surface area contributed by atoms with Crippen LogP contribution in [0.15, 0.2) is 30.9 Å². The van der Waals surface area contributed by atoms with E-state index in [-0.39, 0.29) is 17.1 Å². The quantitative estimate of drug-likeness (QED) is 0.567. The van der Waals surface area contributed by atoms with Gasteiger partial charge < -0.3 is 4.74 Å². The largest absolute Gasteiger partial charge is 0.378 e. The first-order valence-corrected chi connectivity index (χ1v) is 9.50. The van der Waals surface area contributed by atoms with Crippen molar-refractivity contribution in [1.29, 1.82) is 0 Å². The Kier molecular flexibility index (Phi) is 7.09. The third-order valence-corrected chi connectivity index (χ3v) is 5.17. The van der Waals surface area contributed by atoms with Crippen LogP contribution >= 0.6 is 0 Å². The molecule has 0 amide bonds. The molecule has 0 fully saturated rings. The van der Waals surface area contributed by atoms with Gasteiger partial charge in [-0.2, -0.15) is 5.10 Å². The first-order valence-electron chi connectivity index (χ1n) is 9.50. The highest BCUT2D eigenvalue weighted by Gasteiger charge is 2.43. The third-order valence-electron chi connectivity index (χ3n) is 5.17. The number of unbranched alkanes of at least 4 members (excludes halogenated alkanes) is 2. The van der Waals surface area contributed by atoms with Crippen molar-refractivity contribution in [2.24, 2.45) is 5.41 Å². The fourth-order valence-electron chi connectivity index (χ4n) is 4.08. The van der Waals surface area contributed by atoms with E-state index in [1.165, 1.54) is 12.1 Å². The molecule has 0 bridgehead atoms. The van der Waals surface area contributed by atoms with Gasteiger partial charge in [-0.25, -0.2) is 18.4 Å². The minimum atomic E-state index is -0.535. The zero-order chi connectivity index (χ0) is 20.1. The Bertz CT molecular complexity index is 713. The SMILES string of the molecule is COC(C(C)(C)C)C(C)(CCCCCc1ccc(F)cc1F)n1cncn1. The van der Waals surface area contributed by atoms with Crippen LogP contribution in [-0.4, -0.2) is 28.0 Å². The number of aryl methyl sites for hydroxylation is 1. The average molecular weight is 379 g/mol. The summed E-state index contributed by atoms with van der Waals surface area (Å²) in [6, 6.07) is 3.79. The molecule has 4 nitrogen and oxygen atoms in total. The van der Waals surface area contributed by atoms with E-state index in [1.807, 2.05) is 4.68 Å². The second-order valence-corrected chi connectivity index (χ2v) is 8.48. The standard InChI is InChI=1S/C21H31F2N3O/c1-20(2,3)19(27-5)21(4,26-15-24-14-25-26)12-8-6-7-9-16-10-11-17(22)13-18(16)23/h10-11,13-15,19H,6-9,12H2,1-5H3. The lowest BCUT2D eigenvalue weighted by Gasteiger charge is -2.43. The topological polar surface area (TPSA) is 39.9 Å². The molecule has 6 heteroatoms. The van der Waals surface area contributed by atoms with Gasteiger partial charge in [0.2, 0.25) is 0 Å². The Hall–Kier alpha value is -1.82. The Morgan fingerprint density at radius 2 is 1.85 bits per heavy atom. The van der Waals surface area contributed by atoms with E-state index in [0.717, 1.165) is 31.7 Å². The van der Waals surface area contributed by atoms with Crippen molar-refractivity contribution >= 4 is 0 Å². The first kappa shape index (κ1) is 21.5. The van der Waals surface area contributed by atoms with Gasteiger partial charge in [0.1, 0.15) is 24.3 Å². The van der Waals surface area contributed by atoms with Crippen molar-refractivity contribution in [2.75, 3.05) is 7.11 Å². The summed E-state index contributed by atoms with van der Waals surface area (Å²) in [6.07, 6.45) is 7.48. The second kappa shape index (κ2) is 8.91. The number of hydrogen-bond donors (Lipinski definition) is 0. The second-order valence-electron chi connectivity index (χ2n) is 8.48. The molecule has 0 spiro atoms. The molecule has 150 valence electrons. The van der Waals surface area contributed by atoms with Crippen molar-refractivity contribution in [2.45, 2.75) is 71.4 Å². The highest BCUT2D eigenvalue weighted by molar-refractivity contribution is 5.18. The number of ether oxygens (including phenoxy) is 1. The molecule has 2 atom stereocenters. The van der Waals surface area contributed by atoms with Crippen molar-refractivity contribution in [3.8, 4) is 0 Å². The Morgan fingerprint density at radius 1 is 1.11 bits per heavy atom. The number of nitrogens with zero attached hydrogens (tertiary/aromatic N) is 3.